The van der Waals surface area contributed by atoms with Gasteiger partial charge in [-0.2, -0.15) is 0 Å². The van der Waals surface area contributed by atoms with Crippen LogP contribution in [0.1, 0.15) is 66.9 Å². The fourth-order valence-corrected chi connectivity index (χ4v) is 4.43. The molecule has 0 saturated carbocycles. The van der Waals surface area contributed by atoms with Gasteiger partial charge < -0.3 is 0 Å². The molecular weight excluding hydrogens is 288 g/mol. The quantitative estimate of drug-likeness (QED) is 0.632. The Kier molecular flexibility index (Phi) is 3.56. The number of benzene rings is 1. The highest BCUT2D eigenvalue weighted by atomic mass is 32.1. The lowest BCUT2D eigenvalue weighted by Gasteiger charge is -2.43. The Morgan fingerprint density at radius 3 is 2.36 bits per heavy atom. The predicted molar refractivity (Wildman–Crippen MR) is 95.2 cm³/mol. The van der Waals surface area contributed by atoms with Crippen molar-refractivity contribution in [1.82, 2.24) is 0 Å². The van der Waals surface area contributed by atoms with Crippen LogP contribution in [-0.2, 0) is 10.8 Å². The van der Waals surface area contributed by atoms with E-state index in [1.54, 1.807) is 0 Å². The van der Waals surface area contributed by atoms with E-state index in [1.165, 1.54) is 52.0 Å². The van der Waals surface area contributed by atoms with Crippen LogP contribution in [0.25, 0.3) is 11.1 Å². The summed E-state index contributed by atoms with van der Waals surface area (Å²) in [5, 5.41) is 2.12. The van der Waals surface area contributed by atoms with Gasteiger partial charge in [0.05, 0.1) is 4.88 Å². The Balaban J connectivity index is 2.31. The molecule has 1 aromatic carbocycles. The second kappa shape index (κ2) is 5.06. The van der Waals surface area contributed by atoms with Crippen molar-refractivity contribution in [3.8, 4) is 11.1 Å². The fraction of sp³-hybridized carbons (Fsp3) is 0.450. The molecule has 0 fully saturated rings. The zero-order valence-corrected chi connectivity index (χ0v) is 14.9. The number of carbonyl (C=O) groups is 1. The van der Waals surface area contributed by atoms with E-state index in [9.17, 15) is 4.79 Å². The summed E-state index contributed by atoms with van der Waals surface area (Å²) in [5.74, 6) is 0. The van der Waals surface area contributed by atoms with Crippen LogP contribution in [-0.4, -0.2) is 6.29 Å². The van der Waals surface area contributed by atoms with Crippen molar-refractivity contribution in [2.75, 3.05) is 0 Å². The molecule has 0 spiro atoms. The van der Waals surface area contributed by atoms with Gasteiger partial charge in [0, 0.05) is 0 Å². The molecule has 0 atom stereocenters. The molecule has 0 saturated heterocycles. The molecule has 2 heteroatoms. The number of carbonyl (C=O) groups excluding carboxylic acids is 1. The van der Waals surface area contributed by atoms with Crippen molar-refractivity contribution >= 4 is 17.6 Å². The molecular formula is C20H24OS. The molecule has 0 radical (unpaired) electrons. The third-order valence-corrected chi connectivity index (χ3v) is 5.97. The highest BCUT2D eigenvalue weighted by molar-refractivity contribution is 7.12. The lowest BCUT2D eigenvalue weighted by Crippen LogP contribution is -2.34. The molecule has 1 aliphatic carbocycles. The smallest absolute Gasteiger partial charge is 0.160 e. The maximum atomic E-state index is 11.0. The summed E-state index contributed by atoms with van der Waals surface area (Å²) in [7, 11) is 0. The molecule has 3 rings (SSSR count). The Hall–Kier alpha value is -1.41. The van der Waals surface area contributed by atoms with Crippen LogP contribution in [0.5, 0.6) is 0 Å². The average molecular weight is 312 g/mol. The summed E-state index contributed by atoms with van der Waals surface area (Å²) < 4.78 is 0. The van der Waals surface area contributed by atoms with Crippen molar-refractivity contribution in [2.45, 2.75) is 58.3 Å². The molecule has 0 aliphatic heterocycles. The molecule has 0 N–H and O–H groups in total. The summed E-state index contributed by atoms with van der Waals surface area (Å²) >= 11 is 1.53. The average Bonchev–Trinajstić information content (AvgIpc) is 2.92. The maximum Gasteiger partial charge on any atom is 0.160 e. The highest BCUT2D eigenvalue weighted by Crippen LogP contribution is 2.50. The SMILES string of the molecule is Cc1cc(-c2csc(C=O)c2)c2c(c1)C(C)(C)CCC2(C)C. The Labute approximate surface area is 137 Å². The molecule has 1 nitrogen and oxygen atoms in total. The Bertz CT molecular complexity index is 734. The van der Waals surface area contributed by atoms with E-state index in [1.807, 2.05) is 6.07 Å². The first-order valence-corrected chi connectivity index (χ1v) is 8.82. The first-order valence-electron chi connectivity index (χ1n) is 7.94. The van der Waals surface area contributed by atoms with E-state index in [-0.39, 0.29) is 10.8 Å². The summed E-state index contributed by atoms with van der Waals surface area (Å²) in [5.41, 5.74) is 7.17. The van der Waals surface area contributed by atoms with E-state index in [2.05, 4.69) is 52.1 Å². The molecule has 0 bridgehead atoms. The number of thiophene rings is 1. The molecule has 22 heavy (non-hydrogen) atoms. The third kappa shape index (κ3) is 2.44. The number of aryl methyl sites for hydroxylation is 1. The highest BCUT2D eigenvalue weighted by Gasteiger charge is 2.38. The van der Waals surface area contributed by atoms with Gasteiger partial charge in [-0.3, -0.25) is 4.79 Å². The minimum Gasteiger partial charge on any atom is -0.297 e. The van der Waals surface area contributed by atoms with Crippen LogP contribution in [0, 0.1) is 6.92 Å². The molecule has 0 amide bonds. The van der Waals surface area contributed by atoms with Crippen LogP contribution in [0.2, 0.25) is 0 Å². The zero-order chi connectivity index (χ0) is 16.1. The van der Waals surface area contributed by atoms with Crippen molar-refractivity contribution in [3.63, 3.8) is 0 Å². The van der Waals surface area contributed by atoms with Crippen LogP contribution in [0.3, 0.4) is 0 Å². The number of fused-ring (bicyclic) bond motifs is 1. The number of hydrogen-bond donors (Lipinski definition) is 0. The summed E-state index contributed by atoms with van der Waals surface area (Å²) in [4.78, 5) is 11.9. The Morgan fingerprint density at radius 2 is 1.73 bits per heavy atom. The maximum absolute atomic E-state index is 11.0. The third-order valence-electron chi connectivity index (χ3n) is 5.11. The second-order valence-electron chi connectivity index (χ2n) is 7.86. The summed E-state index contributed by atoms with van der Waals surface area (Å²) in [6, 6.07) is 6.69. The predicted octanol–water partition coefficient (Wildman–Crippen LogP) is 5.89. The summed E-state index contributed by atoms with van der Waals surface area (Å²) in [6.45, 7) is 11.6. The zero-order valence-electron chi connectivity index (χ0n) is 14.1. The largest absolute Gasteiger partial charge is 0.297 e. The monoisotopic (exact) mass is 312 g/mol. The van der Waals surface area contributed by atoms with Gasteiger partial charge in [-0.25, -0.2) is 0 Å². The van der Waals surface area contributed by atoms with Gasteiger partial charge in [0.25, 0.3) is 0 Å². The second-order valence-corrected chi connectivity index (χ2v) is 8.80. The van der Waals surface area contributed by atoms with Gasteiger partial charge in [0.2, 0.25) is 0 Å². The number of hydrogen-bond acceptors (Lipinski definition) is 2. The fourth-order valence-electron chi connectivity index (χ4n) is 3.72. The van der Waals surface area contributed by atoms with Gasteiger partial charge in [-0.1, -0.05) is 45.4 Å². The number of aldehydes is 1. The van der Waals surface area contributed by atoms with Crippen molar-refractivity contribution in [2.24, 2.45) is 0 Å². The van der Waals surface area contributed by atoms with Crippen molar-refractivity contribution in [1.29, 1.82) is 0 Å². The van der Waals surface area contributed by atoms with E-state index >= 15 is 0 Å². The van der Waals surface area contributed by atoms with Crippen LogP contribution < -0.4 is 0 Å². The topological polar surface area (TPSA) is 17.1 Å². The van der Waals surface area contributed by atoms with Crippen LogP contribution in [0.15, 0.2) is 23.6 Å². The van der Waals surface area contributed by atoms with E-state index in [0.717, 1.165) is 11.2 Å². The standard InChI is InChI=1S/C20H24OS/c1-13-8-16(14-10-15(11-21)22-12-14)18-17(9-13)19(2,3)6-7-20(18,4)5/h8-12H,6-7H2,1-5H3. The van der Waals surface area contributed by atoms with Gasteiger partial charge in [-0.15, -0.1) is 11.3 Å². The van der Waals surface area contributed by atoms with E-state index in [4.69, 9.17) is 0 Å². The summed E-state index contributed by atoms with van der Waals surface area (Å²) in [6.07, 6.45) is 3.37. The minimum atomic E-state index is 0.178. The lowest BCUT2D eigenvalue weighted by atomic mass is 9.61. The lowest BCUT2D eigenvalue weighted by molar-refractivity contribution is 0.112. The normalized spacial score (nSPS) is 18.8. The minimum absolute atomic E-state index is 0.178. The van der Waals surface area contributed by atoms with Crippen LogP contribution >= 0.6 is 11.3 Å². The molecule has 116 valence electrons. The van der Waals surface area contributed by atoms with Crippen molar-refractivity contribution < 1.29 is 4.79 Å². The Morgan fingerprint density at radius 1 is 1.05 bits per heavy atom. The molecule has 1 aliphatic rings. The first kappa shape index (κ1) is 15.5. The first-order chi connectivity index (χ1) is 10.2. The molecule has 0 unspecified atom stereocenters. The van der Waals surface area contributed by atoms with E-state index in [0.29, 0.717) is 0 Å². The van der Waals surface area contributed by atoms with Gasteiger partial charge in [0.15, 0.2) is 6.29 Å². The van der Waals surface area contributed by atoms with Gasteiger partial charge >= 0.3 is 0 Å². The number of rotatable bonds is 2. The van der Waals surface area contributed by atoms with Crippen molar-refractivity contribution in [3.05, 3.63) is 45.1 Å². The molecule has 2 aromatic rings. The van der Waals surface area contributed by atoms with Gasteiger partial charge in [-0.05, 0) is 64.3 Å². The van der Waals surface area contributed by atoms with Crippen LogP contribution in [0.4, 0.5) is 0 Å². The molecule has 1 aromatic heterocycles. The van der Waals surface area contributed by atoms with E-state index < -0.39 is 0 Å². The molecule has 1 heterocycles. The van der Waals surface area contributed by atoms with Gasteiger partial charge in [0.1, 0.15) is 0 Å².